The quantitative estimate of drug-likeness (QED) is 0.114. The predicted octanol–water partition coefficient (Wildman–Crippen LogP) is 5.93. The average Bonchev–Trinajstić information content (AvgIpc) is 3.89. The minimum absolute atomic E-state index is 0.00657. The second kappa shape index (κ2) is 16.7. The number of aliphatic hydroxyl groups is 1. The normalized spacial score (nSPS) is 28.6. The number of rotatable bonds is 6. The van der Waals surface area contributed by atoms with Crippen LogP contribution < -0.4 is 10.6 Å². The van der Waals surface area contributed by atoms with E-state index in [1.54, 1.807) is 36.9 Å². The number of fused-ring (bicyclic) bond motifs is 6. The molecule has 6 heterocycles. The van der Waals surface area contributed by atoms with Gasteiger partial charge in [0.2, 0.25) is 17.5 Å². The topological polar surface area (TPSA) is 191 Å². The number of halogens is 2. The van der Waals surface area contributed by atoms with Gasteiger partial charge in [0.05, 0.1) is 15.5 Å². The fraction of sp³-hybridized carbons (Fsp3) is 0.479. The first kappa shape index (κ1) is 44.6. The van der Waals surface area contributed by atoms with Gasteiger partial charge in [-0.15, -0.1) is 0 Å². The standard InChI is InChI=1S/C32H40BrN5O5.C16H16ClNO3/c1-16(2)12-24-29(40)37-11-7-10-25(37)32(42)38(24)30(41)31(43-32,17(3)4)35-28(39)18-13-20-19-8-6-9-22-26(19)21(27(33)34-22)14-23(20)36(5)15-18;17-15-11-5-6-18-8-13(9-1-3-10(19)4-2-9)12(11)7-14(20)16(15)21/h6,8-9,13,16-18,23-25,34,42H,7,10-12,14-15H2,1-5H3,(H,35,39);1-4,7,13,18-21H,5-6,8H2/t18-,23-,24+,25+,31-,32+;/m1./s1. The van der Waals surface area contributed by atoms with Crippen molar-refractivity contribution in [1.29, 1.82) is 0 Å². The van der Waals surface area contributed by atoms with Gasteiger partial charge >= 0.3 is 0 Å². The minimum Gasteiger partial charge on any atom is -0.508 e. The molecule has 5 aliphatic heterocycles. The molecule has 10 rings (SSSR count). The lowest BCUT2D eigenvalue weighted by atomic mass is 9.79. The van der Waals surface area contributed by atoms with Gasteiger partial charge in [0.25, 0.3) is 11.8 Å². The van der Waals surface area contributed by atoms with Crippen molar-refractivity contribution in [3.63, 3.8) is 0 Å². The Morgan fingerprint density at radius 2 is 1.83 bits per heavy atom. The number of phenolic OH excluding ortho intramolecular Hbond substituents is 3. The second-order valence-corrected chi connectivity index (χ2v) is 20.1. The third-order valence-electron chi connectivity index (χ3n) is 14.2. The Morgan fingerprint density at radius 1 is 1.08 bits per heavy atom. The van der Waals surface area contributed by atoms with Crippen LogP contribution in [-0.4, -0.2) is 121 Å². The van der Waals surface area contributed by atoms with Gasteiger partial charge in [0.1, 0.15) is 17.8 Å². The molecule has 7 atom stereocenters. The molecule has 3 aromatic carbocycles. The Morgan fingerprint density at radius 3 is 2.55 bits per heavy atom. The van der Waals surface area contributed by atoms with Gasteiger partial charge in [-0.05, 0) is 125 Å². The number of hydrogen-bond acceptors (Lipinski definition) is 10. The van der Waals surface area contributed by atoms with Gasteiger partial charge in [-0.1, -0.05) is 69.6 Å². The van der Waals surface area contributed by atoms with Crippen molar-refractivity contribution >= 4 is 61.7 Å². The molecule has 340 valence electrons. The summed E-state index contributed by atoms with van der Waals surface area (Å²) in [7, 11) is 2.03. The zero-order valence-electron chi connectivity index (χ0n) is 36.6. The summed E-state index contributed by atoms with van der Waals surface area (Å²) in [5.41, 5.74) is 5.46. The van der Waals surface area contributed by atoms with E-state index in [-0.39, 0.29) is 52.0 Å². The van der Waals surface area contributed by atoms with E-state index in [0.717, 1.165) is 57.3 Å². The number of phenols is 3. The van der Waals surface area contributed by atoms with Crippen molar-refractivity contribution < 1.29 is 39.5 Å². The number of aromatic nitrogens is 1. The number of carbonyl (C=O) groups is 3. The first-order chi connectivity index (χ1) is 30.4. The fourth-order valence-electron chi connectivity index (χ4n) is 11.0. The predicted molar refractivity (Wildman–Crippen MR) is 245 cm³/mol. The molecule has 3 saturated heterocycles. The summed E-state index contributed by atoms with van der Waals surface area (Å²) in [6, 6.07) is 13.3. The summed E-state index contributed by atoms with van der Waals surface area (Å²) in [4.78, 5) is 50.8. The lowest BCUT2D eigenvalue weighted by Crippen LogP contribution is -2.71. The Balaban J connectivity index is 0.000000207. The van der Waals surface area contributed by atoms with Crippen molar-refractivity contribution in [2.24, 2.45) is 17.8 Å². The molecule has 0 spiro atoms. The van der Waals surface area contributed by atoms with Gasteiger partial charge in [-0.25, -0.2) is 0 Å². The van der Waals surface area contributed by atoms with E-state index >= 15 is 0 Å². The highest BCUT2D eigenvalue weighted by molar-refractivity contribution is 9.10. The van der Waals surface area contributed by atoms with Crippen molar-refractivity contribution in [1.82, 2.24) is 30.3 Å². The average molecular weight is 960 g/mol. The van der Waals surface area contributed by atoms with Gasteiger partial charge in [-0.3, -0.25) is 28.9 Å². The SMILES string of the molecule is CC(C)C[C@H]1C(=O)N2CCC[C@H]2[C@]2(O)O[C@](NC(=O)[C@@H]3C=C4c5cccc6[nH]c(Br)c(c56)C[C@H]4N(C)C3)(C(C)C)C(=O)N12.Oc1ccc(C2CNCCc3c2cc(O)c(O)c3Cl)cc1. The van der Waals surface area contributed by atoms with E-state index in [1.165, 1.54) is 15.8 Å². The molecule has 6 aliphatic rings. The van der Waals surface area contributed by atoms with Crippen LogP contribution in [0.1, 0.15) is 80.7 Å². The molecule has 4 aromatic rings. The molecule has 16 heteroatoms. The number of H-pyrrole nitrogens is 1. The van der Waals surface area contributed by atoms with Crippen LogP contribution in [0, 0.1) is 17.8 Å². The van der Waals surface area contributed by atoms with E-state index in [1.807, 2.05) is 45.2 Å². The number of nitrogens with one attached hydrogen (secondary N) is 3. The van der Waals surface area contributed by atoms with Crippen molar-refractivity contribution in [3.05, 3.63) is 92.1 Å². The molecule has 7 N–H and O–H groups in total. The number of hydrogen-bond donors (Lipinski definition) is 7. The molecule has 1 aromatic heterocycles. The molecule has 0 saturated carbocycles. The van der Waals surface area contributed by atoms with Gasteiger partial charge in [0, 0.05) is 48.4 Å². The number of likely N-dealkylation sites (N-methyl/N-ethyl adjacent to an activating group) is 1. The number of piperazine rings is 1. The van der Waals surface area contributed by atoms with Crippen LogP contribution in [0.2, 0.25) is 5.02 Å². The van der Waals surface area contributed by atoms with E-state index < -0.39 is 41.5 Å². The van der Waals surface area contributed by atoms with Crippen molar-refractivity contribution in [3.8, 4) is 17.2 Å². The number of nitrogens with zero attached hydrogens (tertiary/aromatic N) is 3. The van der Waals surface area contributed by atoms with E-state index in [9.17, 15) is 34.8 Å². The summed E-state index contributed by atoms with van der Waals surface area (Å²) < 4.78 is 7.43. The molecule has 0 bridgehead atoms. The fourth-order valence-corrected chi connectivity index (χ4v) is 11.8. The Labute approximate surface area is 385 Å². The maximum Gasteiger partial charge on any atom is 0.281 e. The van der Waals surface area contributed by atoms with Crippen LogP contribution in [0.5, 0.6) is 17.2 Å². The molecule has 1 aliphatic carbocycles. The number of carbonyl (C=O) groups excluding carboxylic acids is 3. The number of ether oxygens (including phenoxy) is 1. The third kappa shape index (κ3) is 7.17. The highest BCUT2D eigenvalue weighted by Crippen LogP contribution is 2.49. The minimum atomic E-state index is -2.01. The van der Waals surface area contributed by atoms with Gasteiger partial charge < -0.3 is 40.9 Å². The van der Waals surface area contributed by atoms with Crippen LogP contribution in [0.4, 0.5) is 0 Å². The van der Waals surface area contributed by atoms with Crippen LogP contribution in [0.25, 0.3) is 16.5 Å². The number of benzene rings is 3. The second-order valence-electron chi connectivity index (χ2n) is 18.9. The van der Waals surface area contributed by atoms with E-state index in [4.69, 9.17) is 16.3 Å². The van der Waals surface area contributed by atoms with E-state index in [0.29, 0.717) is 38.9 Å². The monoisotopic (exact) mass is 958 g/mol. The van der Waals surface area contributed by atoms with Gasteiger partial charge in [-0.2, -0.15) is 0 Å². The van der Waals surface area contributed by atoms with Crippen LogP contribution in [0.15, 0.2) is 59.2 Å². The maximum atomic E-state index is 14.4. The first-order valence-corrected chi connectivity index (χ1v) is 23.4. The number of aromatic amines is 1. The van der Waals surface area contributed by atoms with Crippen molar-refractivity contribution in [2.75, 3.05) is 33.2 Å². The number of amides is 3. The van der Waals surface area contributed by atoms with Gasteiger partial charge in [0.15, 0.2) is 11.5 Å². The van der Waals surface area contributed by atoms with Crippen LogP contribution >= 0.6 is 27.5 Å². The Hall–Kier alpha value is -4.64. The number of aromatic hydroxyl groups is 3. The van der Waals surface area contributed by atoms with Crippen molar-refractivity contribution in [2.45, 2.75) is 95.5 Å². The molecule has 3 amide bonds. The van der Waals surface area contributed by atoms with E-state index in [2.05, 4.69) is 48.6 Å². The van der Waals surface area contributed by atoms with Crippen LogP contribution in [0.3, 0.4) is 0 Å². The summed E-state index contributed by atoms with van der Waals surface area (Å²) in [5, 5.41) is 49.0. The zero-order chi connectivity index (χ0) is 45.6. The third-order valence-corrected chi connectivity index (χ3v) is 15.3. The first-order valence-electron chi connectivity index (χ1n) is 22.3. The summed E-state index contributed by atoms with van der Waals surface area (Å²) in [6.07, 6.45) is 5.18. The molecule has 3 fully saturated rings. The molecule has 64 heavy (non-hydrogen) atoms. The summed E-state index contributed by atoms with van der Waals surface area (Å²) in [6.45, 7) is 10.0. The lowest BCUT2D eigenvalue weighted by molar-refractivity contribution is -0.322. The molecule has 0 radical (unpaired) electrons. The highest BCUT2D eigenvalue weighted by Gasteiger charge is 2.72. The molecule has 1 unspecified atom stereocenters. The zero-order valence-corrected chi connectivity index (χ0v) is 39.0. The largest absolute Gasteiger partial charge is 0.508 e. The van der Waals surface area contributed by atoms with Crippen LogP contribution in [-0.2, 0) is 32.0 Å². The summed E-state index contributed by atoms with van der Waals surface area (Å²) in [5.74, 6) is -4.26. The Bertz CT molecular complexity index is 2560. The highest BCUT2D eigenvalue weighted by atomic mass is 79.9. The molecular formula is C48H56BrClN6O8. The summed E-state index contributed by atoms with van der Waals surface area (Å²) >= 11 is 9.89. The molecule has 14 nitrogen and oxygen atoms in total. The lowest BCUT2D eigenvalue weighted by Gasteiger charge is -2.49. The maximum absolute atomic E-state index is 14.4. The molecular weight excluding hydrogens is 904 g/mol. The smallest absolute Gasteiger partial charge is 0.281 e. The Kier molecular flexibility index (Phi) is 11.6.